The number of esters is 1. The van der Waals surface area contributed by atoms with E-state index >= 15 is 0 Å². The maximum Gasteiger partial charge on any atom is 0.308 e. The van der Waals surface area contributed by atoms with E-state index in [1.54, 1.807) is 26.4 Å². The van der Waals surface area contributed by atoms with Gasteiger partial charge in [0.25, 0.3) is 0 Å². The molecule has 0 saturated heterocycles. The van der Waals surface area contributed by atoms with Gasteiger partial charge in [0.15, 0.2) is 0 Å². The van der Waals surface area contributed by atoms with Crippen molar-refractivity contribution in [1.82, 2.24) is 0 Å². The van der Waals surface area contributed by atoms with Gasteiger partial charge in [-0.15, -0.1) is 0 Å². The highest BCUT2D eigenvalue weighted by Crippen LogP contribution is 2.38. The summed E-state index contributed by atoms with van der Waals surface area (Å²) in [4.78, 5) is 11.8. The molecule has 0 amide bonds. The highest BCUT2D eigenvalue weighted by atomic mass is 19.1. The van der Waals surface area contributed by atoms with Crippen molar-refractivity contribution in [2.24, 2.45) is 5.92 Å². The number of benzene rings is 3. The number of hydrogen-bond donors (Lipinski definition) is 0. The van der Waals surface area contributed by atoms with Crippen LogP contribution < -0.4 is 9.47 Å². The average Bonchev–Trinajstić information content (AvgIpc) is 2.87. The van der Waals surface area contributed by atoms with Crippen LogP contribution in [0.25, 0.3) is 11.1 Å². The number of methoxy groups -OCH3 is 3. The van der Waals surface area contributed by atoms with Crippen LogP contribution in [0.15, 0.2) is 60.7 Å². The van der Waals surface area contributed by atoms with Crippen LogP contribution >= 0.6 is 0 Å². The minimum atomic E-state index is -0.438. The topological polar surface area (TPSA) is 54.0 Å². The van der Waals surface area contributed by atoms with Gasteiger partial charge in [-0.25, -0.2) is 4.39 Å². The molecule has 3 atom stereocenters. The Hall–Kier alpha value is -3.38. The molecule has 34 heavy (non-hydrogen) atoms. The first-order valence-corrected chi connectivity index (χ1v) is 11.3. The highest BCUT2D eigenvalue weighted by Gasteiger charge is 2.31. The maximum atomic E-state index is 14.4. The Morgan fingerprint density at radius 2 is 1.82 bits per heavy atom. The van der Waals surface area contributed by atoms with Gasteiger partial charge in [-0.1, -0.05) is 43.3 Å². The normalized spacial score (nSPS) is 17.9. The number of carbonyl (C=O) groups is 1. The quantitative estimate of drug-likeness (QED) is 0.430. The maximum absolute atomic E-state index is 14.4. The van der Waals surface area contributed by atoms with E-state index in [0.717, 1.165) is 34.4 Å². The van der Waals surface area contributed by atoms with Crippen molar-refractivity contribution in [2.75, 3.05) is 21.3 Å². The van der Waals surface area contributed by atoms with Crippen molar-refractivity contribution >= 4 is 5.97 Å². The highest BCUT2D eigenvalue weighted by molar-refractivity contribution is 5.72. The first-order valence-electron chi connectivity index (χ1n) is 11.3. The molecule has 178 valence electrons. The fraction of sp³-hybridized carbons (Fsp3) is 0.321. The molecule has 5 nitrogen and oxygen atoms in total. The molecule has 3 aromatic rings. The summed E-state index contributed by atoms with van der Waals surface area (Å²) in [6.45, 7) is 1.86. The van der Waals surface area contributed by atoms with Gasteiger partial charge in [0.05, 0.1) is 26.1 Å². The largest absolute Gasteiger partial charge is 0.497 e. The van der Waals surface area contributed by atoms with Gasteiger partial charge in [0, 0.05) is 12.7 Å². The Morgan fingerprint density at radius 3 is 2.50 bits per heavy atom. The summed E-state index contributed by atoms with van der Waals surface area (Å²) >= 11 is 0. The number of fused-ring (bicyclic) bond motifs is 1. The second-order valence-corrected chi connectivity index (χ2v) is 8.57. The van der Waals surface area contributed by atoms with Crippen LogP contribution in [-0.4, -0.2) is 33.6 Å². The fourth-order valence-electron chi connectivity index (χ4n) is 4.46. The van der Waals surface area contributed by atoms with Gasteiger partial charge in [-0.05, 0) is 59.4 Å². The van der Waals surface area contributed by atoms with Crippen LogP contribution in [0.3, 0.4) is 0 Å². The Morgan fingerprint density at radius 1 is 1.06 bits per heavy atom. The summed E-state index contributed by atoms with van der Waals surface area (Å²) in [5.41, 5.74) is 4.42. The minimum absolute atomic E-state index is 0.0324. The van der Waals surface area contributed by atoms with Gasteiger partial charge in [0.1, 0.15) is 17.3 Å². The molecule has 1 heterocycles. The molecule has 4 rings (SSSR count). The van der Waals surface area contributed by atoms with Crippen LogP contribution in [0, 0.1) is 11.7 Å². The van der Waals surface area contributed by atoms with Crippen molar-refractivity contribution in [3.05, 3.63) is 83.2 Å². The molecule has 1 aliphatic rings. The second kappa shape index (κ2) is 10.3. The first-order chi connectivity index (χ1) is 16.4. The number of ether oxygens (including phenoxy) is 4. The molecule has 1 aliphatic heterocycles. The zero-order valence-corrected chi connectivity index (χ0v) is 19.8. The zero-order chi connectivity index (χ0) is 24.2. The number of hydrogen-bond acceptors (Lipinski definition) is 5. The van der Waals surface area contributed by atoms with Crippen LogP contribution in [0.4, 0.5) is 4.39 Å². The monoisotopic (exact) mass is 464 g/mol. The van der Waals surface area contributed by atoms with E-state index in [4.69, 9.17) is 18.9 Å². The molecule has 3 unspecified atom stereocenters. The number of carbonyl (C=O) groups excluding carboxylic acids is 1. The lowest BCUT2D eigenvalue weighted by Gasteiger charge is -2.33. The fourth-order valence-corrected chi connectivity index (χ4v) is 4.46. The smallest absolute Gasteiger partial charge is 0.308 e. The number of halogens is 1. The Balaban J connectivity index is 1.58. The zero-order valence-electron chi connectivity index (χ0n) is 19.8. The van der Waals surface area contributed by atoms with E-state index in [0.29, 0.717) is 17.7 Å². The Kier molecular flexibility index (Phi) is 7.17. The van der Waals surface area contributed by atoms with E-state index in [9.17, 15) is 9.18 Å². The summed E-state index contributed by atoms with van der Waals surface area (Å²) in [5.74, 6) is 0.614. The Labute approximate surface area is 199 Å². The second-order valence-electron chi connectivity index (χ2n) is 8.57. The van der Waals surface area contributed by atoms with Crippen LogP contribution in [0.2, 0.25) is 0 Å². The average molecular weight is 465 g/mol. The molecule has 0 N–H and O–H groups in total. The van der Waals surface area contributed by atoms with Crippen molar-refractivity contribution in [3.63, 3.8) is 0 Å². The molecule has 0 spiro atoms. The third-order valence-corrected chi connectivity index (χ3v) is 6.34. The van der Waals surface area contributed by atoms with E-state index < -0.39 is 6.29 Å². The summed E-state index contributed by atoms with van der Waals surface area (Å²) in [7, 11) is 4.60. The molecule has 0 radical (unpaired) electrons. The van der Waals surface area contributed by atoms with Crippen LogP contribution in [-0.2, 0) is 27.1 Å². The summed E-state index contributed by atoms with van der Waals surface area (Å²) in [6, 6.07) is 18.5. The molecule has 0 aromatic heterocycles. The van der Waals surface area contributed by atoms with Crippen molar-refractivity contribution in [2.45, 2.75) is 32.0 Å². The van der Waals surface area contributed by atoms with Crippen LogP contribution in [0.1, 0.15) is 29.5 Å². The summed E-state index contributed by atoms with van der Waals surface area (Å²) in [6.07, 6.45) is 0.882. The predicted molar refractivity (Wildman–Crippen MR) is 128 cm³/mol. The van der Waals surface area contributed by atoms with Crippen molar-refractivity contribution in [3.8, 4) is 22.6 Å². The molecule has 0 bridgehead atoms. The lowest BCUT2D eigenvalue weighted by molar-refractivity contribution is -0.144. The van der Waals surface area contributed by atoms with Crippen LogP contribution in [0.5, 0.6) is 11.5 Å². The first kappa shape index (κ1) is 23.8. The lowest BCUT2D eigenvalue weighted by Crippen LogP contribution is -2.33. The van der Waals surface area contributed by atoms with Gasteiger partial charge in [0.2, 0.25) is 6.29 Å². The van der Waals surface area contributed by atoms with Gasteiger partial charge < -0.3 is 18.9 Å². The summed E-state index contributed by atoms with van der Waals surface area (Å²) < 4.78 is 36.3. The standard InChI is InChI=1S/C28H29FO5/c1-17(27(30)32-3)13-18-5-12-26-21(14-18)15-24(28(33-4)34-26)20-8-6-19(7-9-20)23-16-22(31-2)10-11-25(23)29/h5-12,14,16-17,24,28H,13,15H2,1-4H3. The molecule has 0 fully saturated rings. The summed E-state index contributed by atoms with van der Waals surface area (Å²) in [5, 5.41) is 0. The van der Waals surface area contributed by atoms with E-state index in [2.05, 4.69) is 6.07 Å². The van der Waals surface area contributed by atoms with Gasteiger partial charge in [-0.3, -0.25) is 4.79 Å². The molecule has 0 aliphatic carbocycles. The van der Waals surface area contributed by atoms with Crippen molar-refractivity contribution in [1.29, 1.82) is 0 Å². The van der Waals surface area contributed by atoms with Gasteiger partial charge >= 0.3 is 5.97 Å². The molecule has 0 saturated carbocycles. The predicted octanol–water partition coefficient (Wildman–Crippen LogP) is 5.54. The van der Waals surface area contributed by atoms with Gasteiger partial charge in [-0.2, -0.15) is 0 Å². The molecular weight excluding hydrogens is 435 g/mol. The molecule has 6 heteroatoms. The third kappa shape index (κ3) is 4.92. The van der Waals surface area contributed by atoms with E-state index in [-0.39, 0.29) is 23.6 Å². The minimum Gasteiger partial charge on any atom is -0.497 e. The number of rotatable bonds is 7. The lowest BCUT2D eigenvalue weighted by atomic mass is 9.87. The van der Waals surface area contributed by atoms with E-state index in [1.807, 2.05) is 43.3 Å². The SMILES string of the molecule is COC(=O)C(C)Cc1ccc2c(c1)CC(c1ccc(-c3cc(OC)ccc3F)cc1)C(OC)O2. The van der Waals surface area contributed by atoms with E-state index in [1.165, 1.54) is 13.2 Å². The molecular formula is C28H29FO5. The Bertz CT molecular complexity index is 1160. The third-order valence-electron chi connectivity index (χ3n) is 6.34. The van der Waals surface area contributed by atoms with Crippen molar-refractivity contribution < 1.29 is 28.1 Å². The molecule has 3 aromatic carbocycles.